The van der Waals surface area contributed by atoms with Crippen LogP contribution in [0, 0.1) is 0 Å². The highest BCUT2D eigenvalue weighted by atomic mass is 35.5. The van der Waals surface area contributed by atoms with Gasteiger partial charge in [-0.1, -0.05) is 11.6 Å². The van der Waals surface area contributed by atoms with E-state index >= 15 is 0 Å². The quantitative estimate of drug-likeness (QED) is 0.644. The van der Waals surface area contributed by atoms with Crippen molar-refractivity contribution in [2.45, 2.75) is 32.8 Å². The van der Waals surface area contributed by atoms with E-state index in [9.17, 15) is 4.79 Å². The Hall–Kier alpha value is -1.27. The molecule has 0 aromatic carbocycles. The Labute approximate surface area is 128 Å². The van der Waals surface area contributed by atoms with Crippen molar-refractivity contribution in [3.63, 3.8) is 0 Å². The smallest absolute Gasteiger partial charge is 0.407 e. The molecule has 0 aliphatic rings. The predicted octanol–water partition coefficient (Wildman–Crippen LogP) is 3.11. The minimum absolute atomic E-state index is 0.128. The van der Waals surface area contributed by atoms with Gasteiger partial charge >= 0.3 is 6.09 Å². The first kappa shape index (κ1) is 16.8. The normalized spacial score (nSPS) is 11.1. The fourth-order valence-electron chi connectivity index (χ4n) is 1.27. The van der Waals surface area contributed by atoms with Gasteiger partial charge in [0.2, 0.25) is 5.28 Å². The van der Waals surface area contributed by atoms with Gasteiger partial charge in [-0.25, -0.2) is 9.78 Å². The molecule has 6 nitrogen and oxygen atoms in total. The molecule has 0 radical (unpaired) electrons. The summed E-state index contributed by atoms with van der Waals surface area (Å²) in [6.07, 6.45) is 1.69. The number of hydrogen-bond acceptors (Lipinski definition) is 5. The molecule has 0 fully saturated rings. The number of alkyl carbamates (subject to hydrolysis) is 1. The molecule has 1 aromatic heterocycles. The van der Waals surface area contributed by atoms with E-state index in [0.717, 1.165) is 0 Å². The first-order valence-electron chi connectivity index (χ1n) is 6.17. The van der Waals surface area contributed by atoms with Gasteiger partial charge in [0.15, 0.2) is 0 Å². The number of amides is 1. The maximum Gasteiger partial charge on any atom is 0.407 e. The minimum atomic E-state index is -0.492. The summed E-state index contributed by atoms with van der Waals surface area (Å²) in [7, 11) is 0. The molecule has 2 N–H and O–H groups in total. The Morgan fingerprint density at radius 3 is 2.70 bits per heavy atom. The number of carbonyl (C=O) groups is 1. The van der Waals surface area contributed by atoms with Crippen LogP contribution in [0.3, 0.4) is 0 Å². The standard InChI is InChI=1S/C12H18Cl2N4O2/c1-12(2,3)20-11(19)16-6-4-5-15-9-8(13)7-17-10(14)18-9/h7H,4-6H2,1-3H3,(H,16,19)(H,15,17,18). The molecule has 0 unspecified atom stereocenters. The zero-order valence-corrected chi connectivity index (χ0v) is 13.2. The van der Waals surface area contributed by atoms with Crippen molar-refractivity contribution in [2.24, 2.45) is 0 Å². The molecule has 1 aromatic rings. The second-order valence-electron chi connectivity index (χ2n) is 5.04. The number of aromatic nitrogens is 2. The van der Waals surface area contributed by atoms with E-state index in [1.807, 2.05) is 20.8 Å². The van der Waals surface area contributed by atoms with Gasteiger partial charge in [0.05, 0.1) is 6.20 Å². The monoisotopic (exact) mass is 320 g/mol. The average Bonchev–Trinajstić information content (AvgIpc) is 2.30. The van der Waals surface area contributed by atoms with E-state index in [1.54, 1.807) is 0 Å². The van der Waals surface area contributed by atoms with Crippen LogP contribution in [0.25, 0.3) is 0 Å². The highest BCUT2D eigenvalue weighted by molar-refractivity contribution is 6.33. The summed E-state index contributed by atoms with van der Waals surface area (Å²) in [4.78, 5) is 19.1. The van der Waals surface area contributed by atoms with Crippen LogP contribution in [-0.2, 0) is 4.74 Å². The SMILES string of the molecule is CC(C)(C)OC(=O)NCCCNc1nc(Cl)ncc1Cl. The largest absolute Gasteiger partial charge is 0.444 e. The second-order valence-corrected chi connectivity index (χ2v) is 5.79. The highest BCUT2D eigenvalue weighted by Gasteiger charge is 2.15. The van der Waals surface area contributed by atoms with Gasteiger partial charge < -0.3 is 15.4 Å². The Morgan fingerprint density at radius 2 is 2.05 bits per heavy atom. The van der Waals surface area contributed by atoms with Crippen LogP contribution < -0.4 is 10.6 Å². The maximum atomic E-state index is 11.4. The molecule has 1 heterocycles. The fraction of sp³-hybridized carbons (Fsp3) is 0.583. The zero-order valence-electron chi connectivity index (χ0n) is 11.7. The summed E-state index contributed by atoms with van der Waals surface area (Å²) in [6, 6.07) is 0. The third-order valence-corrected chi connectivity index (χ3v) is 2.49. The molecule has 20 heavy (non-hydrogen) atoms. The molecule has 112 valence electrons. The van der Waals surface area contributed by atoms with E-state index in [1.165, 1.54) is 6.20 Å². The lowest BCUT2D eigenvalue weighted by Crippen LogP contribution is -2.33. The lowest BCUT2D eigenvalue weighted by atomic mass is 10.2. The van der Waals surface area contributed by atoms with Gasteiger partial charge in [-0.05, 0) is 38.8 Å². The molecule has 0 saturated carbocycles. The van der Waals surface area contributed by atoms with Crippen molar-refractivity contribution in [3.8, 4) is 0 Å². The number of rotatable bonds is 5. The summed E-state index contributed by atoms with van der Waals surface area (Å²) in [5, 5.41) is 6.20. The van der Waals surface area contributed by atoms with Crippen LogP contribution in [0.4, 0.5) is 10.6 Å². The lowest BCUT2D eigenvalue weighted by molar-refractivity contribution is 0.0528. The predicted molar refractivity (Wildman–Crippen MR) is 79.4 cm³/mol. The van der Waals surface area contributed by atoms with Crippen molar-refractivity contribution >= 4 is 35.1 Å². The molecule has 0 spiro atoms. The van der Waals surface area contributed by atoms with Crippen LogP contribution in [0.1, 0.15) is 27.2 Å². The number of nitrogens with one attached hydrogen (secondary N) is 2. The number of carbonyl (C=O) groups excluding carboxylic acids is 1. The summed E-state index contributed by atoms with van der Waals surface area (Å²) >= 11 is 11.6. The average molecular weight is 321 g/mol. The second kappa shape index (κ2) is 7.50. The minimum Gasteiger partial charge on any atom is -0.444 e. The van der Waals surface area contributed by atoms with Crippen LogP contribution >= 0.6 is 23.2 Å². The topological polar surface area (TPSA) is 76.1 Å². The van der Waals surface area contributed by atoms with Crippen LogP contribution in [0.2, 0.25) is 10.3 Å². The molecule has 0 aliphatic carbocycles. The summed E-state index contributed by atoms with van der Waals surface area (Å²) in [6.45, 7) is 6.51. The third-order valence-electron chi connectivity index (χ3n) is 2.03. The molecule has 0 saturated heterocycles. The summed E-state index contributed by atoms with van der Waals surface area (Å²) in [5.41, 5.74) is -0.492. The highest BCUT2D eigenvalue weighted by Crippen LogP contribution is 2.18. The molecular formula is C12H18Cl2N4O2. The van der Waals surface area contributed by atoms with Gasteiger partial charge in [-0.3, -0.25) is 0 Å². The molecule has 1 amide bonds. The van der Waals surface area contributed by atoms with Gasteiger partial charge in [-0.2, -0.15) is 4.98 Å². The maximum absolute atomic E-state index is 11.4. The van der Waals surface area contributed by atoms with Crippen LogP contribution in [0.15, 0.2) is 6.20 Å². The number of ether oxygens (including phenoxy) is 1. The molecule has 1 rings (SSSR count). The van der Waals surface area contributed by atoms with Gasteiger partial charge in [0.25, 0.3) is 0 Å². The summed E-state index contributed by atoms with van der Waals surface area (Å²) < 4.78 is 5.11. The number of anilines is 1. The molecular weight excluding hydrogens is 303 g/mol. The fourth-order valence-corrected chi connectivity index (χ4v) is 1.56. The molecule has 8 heteroatoms. The first-order chi connectivity index (χ1) is 9.28. The van der Waals surface area contributed by atoms with Crippen LogP contribution in [0.5, 0.6) is 0 Å². The first-order valence-corrected chi connectivity index (χ1v) is 6.92. The zero-order chi connectivity index (χ0) is 15.2. The van der Waals surface area contributed by atoms with Gasteiger partial charge in [0.1, 0.15) is 16.4 Å². The Bertz CT molecular complexity index is 463. The molecule has 0 aliphatic heterocycles. The van der Waals surface area contributed by atoms with Crippen molar-refractivity contribution in [3.05, 3.63) is 16.5 Å². The number of hydrogen-bond donors (Lipinski definition) is 2. The third kappa shape index (κ3) is 6.77. The lowest BCUT2D eigenvalue weighted by Gasteiger charge is -2.19. The molecule has 0 atom stereocenters. The van der Waals surface area contributed by atoms with Crippen molar-refractivity contribution in [1.82, 2.24) is 15.3 Å². The van der Waals surface area contributed by atoms with Gasteiger partial charge in [-0.15, -0.1) is 0 Å². The number of halogens is 2. The Balaban J connectivity index is 2.22. The van der Waals surface area contributed by atoms with E-state index in [2.05, 4.69) is 20.6 Å². The van der Waals surface area contributed by atoms with Gasteiger partial charge in [0, 0.05) is 13.1 Å². The van der Waals surface area contributed by atoms with E-state index < -0.39 is 11.7 Å². The summed E-state index contributed by atoms with van der Waals surface area (Å²) in [5.74, 6) is 0.476. The molecule has 0 bridgehead atoms. The van der Waals surface area contributed by atoms with Crippen molar-refractivity contribution in [2.75, 3.05) is 18.4 Å². The van der Waals surface area contributed by atoms with Crippen LogP contribution in [-0.4, -0.2) is 34.8 Å². The van der Waals surface area contributed by atoms with E-state index in [0.29, 0.717) is 30.4 Å². The van der Waals surface area contributed by atoms with E-state index in [-0.39, 0.29) is 5.28 Å². The Morgan fingerprint density at radius 1 is 1.35 bits per heavy atom. The number of nitrogens with zero attached hydrogens (tertiary/aromatic N) is 2. The van der Waals surface area contributed by atoms with Crippen molar-refractivity contribution in [1.29, 1.82) is 0 Å². The van der Waals surface area contributed by atoms with E-state index in [4.69, 9.17) is 27.9 Å². The van der Waals surface area contributed by atoms with Crippen molar-refractivity contribution < 1.29 is 9.53 Å². The Kier molecular flexibility index (Phi) is 6.29.